The van der Waals surface area contributed by atoms with Crippen LogP contribution in [0.4, 0.5) is 0 Å². The summed E-state index contributed by atoms with van der Waals surface area (Å²) < 4.78 is 0. The monoisotopic (exact) mass is 244 g/mol. The van der Waals surface area contributed by atoms with Gasteiger partial charge >= 0.3 is 0 Å². The first-order chi connectivity index (χ1) is 8.84. The van der Waals surface area contributed by atoms with Gasteiger partial charge in [-0.3, -0.25) is 4.79 Å². The number of ketones is 1. The predicted molar refractivity (Wildman–Crippen MR) is 72.1 cm³/mol. The van der Waals surface area contributed by atoms with E-state index in [1.165, 1.54) is 57.8 Å². The molecule has 0 aromatic rings. The Balaban J connectivity index is 1.69. The molecule has 4 rings (SSSR count). The lowest BCUT2D eigenvalue weighted by molar-refractivity contribution is -0.120. The van der Waals surface area contributed by atoms with Crippen molar-refractivity contribution < 1.29 is 4.79 Å². The molecule has 3 fully saturated rings. The summed E-state index contributed by atoms with van der Waals surface area (Å²) in [5.74, 6) is 4.17. The number of carbonyl (C=O) groups excluding carboxylic acids is 1. The van der Waals surface area contributed by atoms with E-state index >= 15 is 0 Å². The van der Waals surface area contributed by atoms with Crippen LogP contribution >= 0.6 is 0 Å². The molecule has 98 valence electrons. The summed E-state index contributed by atoms with van der Waals surface area (Å²) in [6.45, 7) is 0. The molecule has 0 N–H and O–H groups in total. The number of rotatable bonds is 0. The minimum absolute atomic E-state index is 0.416. The summed E-state index contributed by atoms with van der Waals surface area (Å²) in [6.07, 6.45) is 14.4. The van der Waals surface area contributed by atoms with E-state index in [-0.39, 0.29) is 0 Å². The second-order valence-corrected chi connectivity index (χ2v) is 7.08. The fourth-order valence-electron chi connectivity index (χ4n) is 5.60. The van der Waals surface area contributed by atoms with Gasteiger partial charge in [-0.1, -0.05) is 24.8 Å². The van der Waals surface area contributed by atoms with Crippen molar-refractivity contribution in [3.05, 3.63) is 11.6 Å². The zero-order valence-electron chi connectivity index (χ0n) is 11.2. The molecule has 0 heterocycles. The molecule has 1 heteroatoms. The average molecular weight is 244 g/mol. The third-order valence-electron chi connectivity index (χ3n) is 6.37. The molecule has 1 nitrogen and oxygen atoms in total. The predicted octanol–water partition coefficient (Wildman–Crippen LogP) is 4.13. The summed E-state index contributed by atoms with van der Waals surface area (Å²) in [5.41, 5.74) is 1.61. The zero-order chi connectivity index (χ0) is 12.1. The van der Waals surface area contributed by atoms with Gasteiger partial charge in [-0.25, -0.2) is 0 Å². The van der Waals surface area contributed by atoms with Crippen LogP contribution in [0.5, 0.6) is 0 Å². The van der Waals surface area contributed by atoms with Crippen molar-refractivity contribution in [1.82, 2.24) is 0 Å². The standard InChI is InChI=1S/C17H24O/c18-17-10-16-12-5-2-1-4-11(12)8-9-14(16)13-6-3-7-15(13)17/h10-15H,1-9H2/t11?,12-,13-,14-,15+/m0/s1. The number of fused-ring (bicyclic) bond motifs is 5. The van der Waals surface area contributed by atoms with Gasteiger partial charge in [-0.2, -0.15) is 0 Å². The van der Waals surface area contributed by atoms with Crippen molar-refractivity contribution in [3.63, 3.8) is 0 Å². The third-order valence-corrected chi connectivity index (χ3v) is 6.37. The van der Waals surface area contributed by atoms with Crippen molar-refractivity contribution in [2.24, 2.45) is 29.6 Å². The highest BCUT2D eigenvalue weighted by atomic mass is 16.1. The third kappa shape index (κ3) is 1.55. The first-order valence-electron chi connectivity index (χ1n) is 8.10. The molecule has 1 unspecified atom stereocenters. The summed E-state index contributed by atoms with van der Waals surface area (Å²) in [6, 6.07) is 0. The number of hydrogen-bond donors (Lipinski definition) is 0. The van der Waals surface area contributed by atoms with E-state index < -0.39 is 0 Å². The van der Waals surface area contributed by atoms with Crippen LogP contribution in [0.25, 0.3) is 0 Å². The molecule has 4 aliphatic carbocycles. The topological polar surface area (TPSA) is 17.1 Å². The highest BCUT2D eigenvalue weighted by Gasteiger charge is 2.47. The highest BCUT2D eigenvalue weighted by Crippen LogP contribution is 2.54. The smallest absolute Gasteiger partial charge is 0.159 e. The van der Waals surface area contributed by atoms with E-state index in [1.807, 2.05) is 0 Å². The SMILES string of the molecule is O=C1C=C2[C@H]3CCCCC3CC[C@H]2[C@@H]2CCC[C@@H]12. The van der Waals surface area contributed by atoms with Gasteiger partial charge < -0.3 is 0 Å². The molecule has 0 aliphatic heterocycles. The zero-order valence-corrected chi connectivity index (χ0v) is 11.2. The summed E-state index contributed by atoms with van der Waals surface area (Å²) >= 11 is 0. The normalized spacial score (nSPS) is 47.0. The Labute approximate surface area is 110 Å². The summed E-state index contributed by atoms with van der Waals surface area (Å²) in [5, 5.41) is 0. The molecule has 4 aliphatic rings. The molecule has 3 saturated carbocycles. The summed E-state index contributed by atoms with van der Waals surface area (Å²) in [7, 11) is 0. The Hall–Kier alpha value is -0.590. The minimum Gasteiger partial charge on any atom is -0.295 e. The molecule has 18 heavy (non-hydrogen) atoms. The fraction of sp³-hybridized carbons (Fsp3) is 0.824. The molecule has 0 saturated heterocycles. The van der Waals surface area contributed by atoms with Crippen LogP contribution in [0, 0.1) is 29.6 Å². The van der Waals surface area contributed by atoms with Crippen molar-refractivity contribution >= 4 is 5.78 Å². The first-order valence-corrected chi connectivity index (χ1v) is 8.10. The van der Waals surface area contributed by atoms with Crippen LogP contribution in [0.15, 0.2) is 11.6 Å². The van der Waals surface area contributed by atoms with Gasteiger partial charge in [0.05, 0.1) is 0 Å². The number of allylic oxidation sites excluding steroid dienone is 2. The van der Waals surface area contributed by atoms with Gasteiger partial charge in [-0.15, -0.1) is 0 Å². The van der Waals surface area contributed by atoms with Gasteiger partial charge in [0, 0.05) is 5.92 Å². The molecule has 5 atom stereocenters. The lowest BCUT2D eigenvalue weighted by atomic mass is 9.58. The molecular formula is C17H24O. The van der Waals surface area contributed by atoms with Crippen molar-refractivity contribution in [3.8, 4) is 0 Å². The second-order valence-electron chi connectivity index (χ2n) is 7.08. The van der Waals surface area contributed by atoms with Gasteiger partial charge in [0.1, 0.15) is 0 Å². The van der Waals surface area contributed by atoms with Crippen molar-refractivity contribution in [1.29, 1.82) is 0 Å². The molecule has 0 amide bonds. The Kier molecular flexibility index (Phi) is 2.63. The van der Waals surface area contributed by atoms with E-state index in [2.05, 4.69) is 6.08 Å². The van der Waals surface area contributed by atoms with Crippen LogP contribution in [-0.2, 0) is 4.79 Å². The lowest BCUT2D eigenvalue weighted by Crippen LogP contribution is -2.39. The molecule has 0 aromatic heterocycles. The van der Waals surface area contributed by atoms with Crippen LogP contribution in [-0.4, -0.2) is 5.78 Å². The molecule has 0 aromatic carbocycles. The lowest BCUT2D eigenvalue weighted by Gasteiger charge is -2.46. The first kappa shape index (κ1) is 11.3. The van der Waals surface area contributed by atoms with Gasteiger partial charge in [-0.05, 0) is 68.3 Å². The molecule has 0 radical (unpaired) electrons. The van der Waals surface area contributed by atoms with E-state index in [0.717, 1.165) is 23.7 Å². The van der Waals surface area contributed by atoms with Crippen LogP contribution < -0.4 is 0 Å². The number of hydrogen-bond acceptors (Lipinski definition) is 1. The Morgan fingerprint density at radius 2 is 1.61 bits per heavy atom. The molecule has 0 bridgehead atoms. The van der Waals surface area contributed by atoms with Gasteiger partial charge in [0.2, 0.25) is 0 Å². The minimum atomic E-state index is 0.416. The van der Waals surface area contributed by atoms with Crippen LogP contribution in [0.1, 0.15) is 57.8 Å². The van der Waals surface area contributed by atoms with Gasteiger partial charge in [0.15, 0.2) is 5.78 Å². The fourth-order valence-corrected chi connectivity index (χ4v) is 5.60. The molecule has 0 spiro atoms. The van der Waals surface area contributed by atoms with E-state index in [0.29, 0.717) is 11.7 Å². The Bertz CT molecular complexity index is 394. The Morgan fingerprint density at radius 1 is 0.778 bits per heavy atom. The largest absolute Gasteiger partial charge is 0.295 e. The maximum absolute atomic E-state index is 12.3. The maximum atomic E-state index is 12.3. The van der Waals surface area contributed by atoms with Crippen molar-refractivity contribution in [2.75, 3.05) is 0 Å². The maximum Gasteiger partial charge on any atom is 0.159 e. The summed E-state index contributed by atoms with van der Waals surface area (Å²) in [4.78, 5) is 12.3. The molecular weight excluding hydrogens is 220 g/mol. The highest BCUT2D eigenvalue weighted by molar-refractivity contribution is 5.94. The van der Waals surface area contributed by atoms with Gasteiger partial charge in [0.25, 0.3) is 0 Å². The quantitative estimate of drug-likeness (QED) is 0.626. The Morgan fingerprint density at radius 3 is 2.56 bits per heavy atom. The van der Waals surface area contributed by atoms with E-state index in [4.69, 9.17) is 0 Å². The van der Waals surface area contributed by atoms with Crippen LogP contribution in [0.2, 0.25) is 0 Å². The van der Waals surface area contributed by atoms with Crippen LogP contribution in [0.3, 0.4) is 0 Å². The average Bonchev–Trinajstić information content (AvgIpc) is 2.89. The van der Waals surface area contributed by atoms with E-state index in [9.17, 15) is 4.79 Å². The number of carbonyl (C=O) groups is 1. The van der Waals surface area contributed by atoms with Crippen molar-refractivity contribution in [2.45, 2.75) is 57.8 Å². The second kappa shape index (κ2) is 4.21. The van der Waals surface area contributed by atoms with E-state index in [1.54, 1.807) is 5.57 Å².